The first-order valence-electron chi connectivity index (χ1n) is 6.42. The van der Waals surface area contributed by atoms with Crippen LogP contribution in [0.5, 0.6) is 0 Å². The molecule has 2 rings (SSSR count). The number of hydrogen-bond acceptors (Lipinski definition) is 2. The van der Waals surface area contributed by atoms with Gasteiger partial charge in [-0.25, -0.2) is 0 Å². The summed E-state index contributed by atoms with van der Waals surface area (Å²) in [6.07, 6.45) is 0.348. The third-order valence-corrected chi connectivity index (χ3v) is 4.14. The maximum Gasteiger partial charge on any atom is 0.391 e. The molecule has 2 aliphatic rings. The second-order valence-electron chi connectivity index (χ2n) is 5.56. The van der Waals surface area contributed by atoms with Crippen molar-refractivity contribution >= 4 is 0 Å². The van der Waals surface area contributed by atoms with Crippen LogP contribution in [-0.4, -0.2) is 29.5 Å². The van der Waals surface area contributed by atoms with Crippen LogP contribution < -0.4 is 5.32 Å². The minimum atomic E-state index is -4.06. The Morgan fingerprint density at radius 1 is 1.18 bits per heavy atom. The lowest BCUT2D eigenvalue weighted by Gasteiger charge is -2.39. The van der Waals surface area contributed by atoms with E-state index in [9.17, 15) is 18.3 Å². The van der Waals surface area contributed by atoms with Crippen LogP contribution in [0.25, 0.3) is 0 Å². The molecule has 0 heterocycles. The highest BCUT2D eigenvalue weighted by molar-refractivity contribution is 4.91. The summed E-state index contributed by atoms with van der Waals surface area (Å²) < 4.78 is 37.8. The van der Waals surface area contributed by atoms with E-state index in [0.717, 1.165) is 25.7 Å². The fourth-order valence-corrected chi connectivity index (χ4v) is 2.77. The van der Waals surface area contributed by atoms with Crippen LogP contribution in [0.1, 0.15) is 44.9 Å². The summed E-state index contributed by atoms with van der Waals surface area (Å²) in [6.45, 7) is 0.447. The molecule has 0 aromatic rings. The van der Waals surface area contributed by atoms with Gasteiger partial charge in [-0.2, -0.15) is 13.2 Å². The van der Waals surface area contributed by atoms with E-state index < -0.39 is 17.7 Å². The highest BCUT2D eigenvalue weighted by Gasteiger charge is 2.42. The molecule has 0 amide bonds. The molecule has 0 radical (unpaired) electrons. The predicted molar refractivity (Wildman–Crippen MR) is 58.6 cm³/mol. The lowest BCUT2D eigenvalue weighted by Crippen LogP contribution is -2.50. The Labute approximate surface area is 99.6 Å². The van der Waals surface area contributed by atoms with Crippen LogP contribution in [0.15, 0.2) is 0 Å². The Hall–Kier alpha value is -0.290. The molecule has 2 N–H and O–H groups in total. The van der Waals surface area contributed by atoms with E-state index in [1.165, 1.54) is 0 Å². The zero-order valence-electron chi connectivity index (χ0n) is 9.89. The smallest absolute Gasteiger partial charge is 0.389 e. The predicted octanol–water partition coefficient (Wildman–Crippen LogP) is 2.61. The van der Waals surface area contributed by atoms with Gasteiger partial charge in [0.15, 0.2) is 0 Å². The third-order valence-electron chi connectivity index (χ3n) is 4.14. The minimum Gasteiger partial charge on any atom is -0.389 e. The van der Waals surface area contributed by atoms with Gasteiger partial charge in [-0.15, -0.1) is 0 Å². The first-order valence-corrected chi connectivity index (χ1v) is 6.42. The molecule has 2 atom stereocenters. The van der Waals surface area contributed by atoms with Gasteiger partial charge in [0.1, 0.15) is 0 Å². The van der Waals surface area contributed by atoms with Crippen LogP contribution in [0, 0.1) is 5.92 Å². The summed E-state index contributed by atoms with van der Waals surface area (Å²) in [6, 6.07) is -0.0833. The van der Waals surface area contributed by atoms with Gasteiger partial charge in [0.05, 0.1) is 11.5 Å². The van der Waals surface area contributed by atoms with E-state index in [-0.39, 0.29) is 18.9 Å². The fraction of sp³-hybridized carbons (Fsp3) is 1.00. The van der Waals surface area contributed by atoms with Crippen LogP contribution in [-0.2, 0) is 0 Å². The molecule has 0 bridgehead atoms. The topological polar surface area (TPSA) is 32.3 Å². The summed E-state index contributed by atoms with van der Waals surface area (Å²) in [5.41, 5.74) is -0.648. The molecule has 17 heavy (non-hydrogen) atoms. The lowest BCUT2D eigenvalue weighted by molar-refractivity contribution is -0.184. The summed E-state index contributed by atoms with van der Waals surface area (Å²) >= 11 is 0. The van der Waals surface area contributed by atoms with Gasteiger partial charge in [-0.1, -0.05) is 6.42 Å². The Morgan fingerprint density at radius 3 is 2.41 bits per heavy atom. The number of aliphatic hydroxyl groups is 1. The number of hydrogen-bond donors (Lipinski definition) is 2. The van der Waals surface area contributed by atoms with E-state index >= 15 is 0 Å². The molecule has 5 heteroatoms. The molecule has 0 aromatic carbocycles. The first-order chi connectivity index (χ1) is 7.89. The number of alkyl halides is 3. The SMILES string of the molecule is OC1(CNC2CCCC(C(F)(F)F)C2)CCC1. The van der Waals surface area contributed by atoms with E-state index in [2.05, 4.69) is 5.32 Å². The second-order valence-corrected chi connectivity index (χ2v) is 5.56. The van der Waals surface area contributed by atoms with Gasteiger partial charge in [-0.05, 0) is 38.5 Å². The molecule has 100 valence electrons. The van der Waals surface area contributed by atoms with Crippen molar-refractivity contribution in [3.05, 3.63) is 0 Å². The zero-order valence-corrected chi connectivity index (χ0v) is 9.89. The first kappa shape index (κ1) is 13.1. The average molecular weight is 251 g/mol. The largest absolute Gasteiger partial charge is 0.391 e. The number of rotatable bonds is 3. The standard InChI is InChI=1S/C12H20F3NO/c13-12(14,15)9-3-1-4-10(7-9)16-8-11(17)5-2-6-11/h9-10,16-17H,1-8H2. The maximum atomic E-state index is 12.6. The number of halogens is 3. The Kier molecular flexibility index (Phi) is 3.69. The van der Waals surface area contributed by atoms with E-state index in [4.69, 9.17) is 0 Å². The molecule has 0 saturated heterocycles. The van der Waals surface area contributed by atoms with Crippen molar-refractivity contribution in [3.8, 4) is 0 Å². The molecular weight excluding hydrogens is 231 g/mol. The van der Waals surface area contributed by atoms with E-state index in [1.54, 1.807) is 0 Å². The summed E-state index contributed by atoms with van der Waals surface area (Å²) in [4.78, 5) is 0. The van der Waals surface area contributed by atoms with Crippen LogP contribution in [0.3, 0.4) is 0 Å². The normalized spacial score (nSPS) is 33.2. The van der Waals surface area contributed by atoms with Crippen molar-refractivity contribution < 1.29 is 18.3 Å². The third kappa shape index (κ3) is 3.35. The molecule has 0 aliphatic heterocycles. The van der Waals surface area contributed by atoms with Gasteiger partial charge in [0.25, 0.3) is 0 Å². The maximum absolute atomic E-state index is 12.6. The molecule has 2 unspecified atom stereocenters. The molecule has 2 saturated carbocycles. The fourth-order valence-electron chi connectivity index (χ4n) is 2.77. The average Bonchev–Trinajstić information content (AvgIpc) is 2.23. The van der Waals surface area contributed by atoms with Crippen LogP contribution >= 0.6 is 0 Å². The summed E-state index contributed by atoms with van der Waals surface area (Å²) in [7, 11) is 0. The zero-order chi connectivity index (χ0) is 12.5. The van der Waals surface area contributed by atoms with Gasteiger partial charge in [0, 0.05) is 12.6 Å². The van der Waals surface area contributed by atoms with Gasteiger partial charge in [0.2, 0.25) is 0 Å². The van der Waals surface area contributed by atoms with Crippen molar-refractivity contribution in [2.24, 2.45) is 5.92 Å². The lowest BCUT2D eigenvalue weighted by atomic mass is 9.79. The van der Waals surface area contributed by atoms with E-state index in [0.29, 0.717) is 13.0 Å². The van der Waals surface area contributed by atoms with Gasteiger partial charge >= 0.3 is 6.18 Å². The van der Waals surface area contributed by atoms with E-state index in [1.807, 2.05) is 0 Å². The monoisotopic (exact) mass is 251 g/mol. The Balaban J connectivity index is 1.77. The molecular formula is C12H20F3NO. The summed E-state index contributed by atoms with van der Waals surface area (Å²) in [5, 5.41) is 13.0. The molecule has 2 aliphatic carbocycles. The Bertz CT molecular complexity index is 263. The van der Waals surface area contributed by atoms with Crippen molar-refractivity contribution in [2.75, 3.05) is 6.54 Å². The van der Waals surface area contributed by atoms with Crippen molar-refractivity contribution in [1.82, 2.24) is 5.32 Å². The molecule has 2 fully saturated rings. The van der Waals surface area contributed by atoms with Crippen molar-refractivity contribution in [2.45, 2.75) is 62.8 Å². The quantitative estimate of drug-likeness (QED) is 0.808. The summed E-state index contributed by atoms with van der Waals surface area (Å²) in [5.74, 6) is -1.16. The number of nitrogens with one attached hydrogen (secondary N) is 1. The van der Waals surface area contributed by atoms with Gasteiger partial charge < -0.3 is 10.4 Å². The minimum absolute atomic E-state index is 0.0833. The highest BCUT2D eigenvalue weighted by Crippen LogP contribution is 2.38. The van der Waals surface area contributed by atoms with Crippen LogP contribution in [0.4, 0.5) is 13.2 Å². The Morgan fingerprint density at radius 2 is 1.88 bits per heavy atom. The molecule has 0 aromatic heterocycles. The van der Waals surface area contributed by atoms with Gasteiger partial charge in [-0.3, -0.25) is 0 Å². The van der Waals surface area contributed by atoms with Crippen molar-refractivity contribution in [3.63, 3.8) is 0 Å². The molecule has 0 spiro atoms. The highest BCUT2D eigenvalue weighted by atomic mass is 19.4. The van der Waals surface area contributed by atoms with Crippen molar-refractivity contribution in [1.29, 1.82) is 0 Å². The second kappa shape index (κ2) is 4.76. The van der Waals surface area contributed by atoms with Crippen LogP contribution in [0.2, 0.25) is 0 Å². The molecule has 2 nitrogen and oxygen atoms in total.